The van der Waals surface area contributed by atoms with Crippen molar-refractivity contribution in [1.29, 1.82) is 0 Å². The molecule has 0 spiro atoms. The van der Waals surface area contributed by atoms with Gasteiger partial charge >= 0.3 is 0 Å². The normalized spacial score (nSPS) is 14.5. The molecule has 3 rings (SSSR count). The summed E-state index contributed by atoms with van der Waals surface area (Å²) in [5, 5.41) is 0. The fourth-order valence-corrected chi connectivity index (χ4v) is 3.11. The zero-order chi connectivity index (χ0) is 17.1. The maximum Gasteiger partial charge on any atom is 0.131 e. The van der Waals surface area contributed by atoms with E-state index in [4.69, 9.17) is 14.5 Å². The molecule has 0 aliphatic carbocycles. The summed E-state index contributed by atoms with van der Waals surface area (Å²) in [6.07, 6.45) is 2.94. The smallest absolute Gasteiger partial charge is 0.131 e. The van der Waals surface area contributed by atoms with E-state index in [9.17, 15) is 0 Å². The second-order valence-corrected chi connectivity index (χ2v) is 6.46. The monoisotopic (exact) mass is 327 g/mol. The number of hydrogen-bond acceptors (Lipinski definition) is 5. The third kappa shape index (κ3) is 3.36. The van der Waals surface area contributed by atoms with Gasteiger partial charge in [-0.3, -0.25) is 4.90 Å². The molecule has 128 valence electrons. The lowest BCUT2D eigenvalue weighted by molar-refractivity contribution is 0.234. The highest BCUT2D eigenvalue weighted by molar-refractivity contribution is 5.44. The van der Waals surface area contributed by atoms with Crippen LogP contribution < -0.4 is 9.47 Å². The molecule has 1 aromatic heterocycles. The third-order valence-electron chi connectivity index (χ3n) is 4.46. The number of fused-ring (bicyclic) bond motifs is 1. The van der Waals surface area contributed by atoms with Gasteiger partial charge in [-0.15, -0.1) is 0 Å². The molecule has 1 aliphatic rings. The first kappa shape index (κ1) is 16.7. The molecule has 1 aromatic carbocycles. The van der Waals surface area contributed by atoms with Crippen molar-refractivity contribution in [2.24, 2.45) is 0 Å². The van der Waals surface area contributed by atoms with Crippen molar-refractivity contribution in [2.75, 3.05) is 20.8 Å². The van der Waals surface area contributed by atoms with E-state index in [0.29, 0.717) is 5.92 Å². The van der Waals surface area contributed by atoms with Gasteiger partial charge in [-0.2, -0.15) is 0 Å². The molecule has 2 heterocycles. The Morgan fingerprint density at radius 2 is 1.88 bits per heavy atom. The van der Waals surface area contributed by atoms with Gasteiger partial charge in [-0.05, 0) is 12.1 Å². The zero-order valence-corrected chi connectivity index (χ0v) is 14.9. The molecule has 0 N–H and O–H groups in total. The predicted molar refractivity (Wildman–Crippen MR) is 93.5 cm³/mol. The lowest BCUT2D eigenvalue weighted by Gasteiger charge is -2.29. The van der Waals surface area contributed by atoms with Gasteiger partial charge in [0, 0.05) is 49.4 Å². The van der Waals surface area contributed by atoms with Crippen molar-refractivity contribution in [3.63, 3.8) is 0 Å². The van der Waals surface area contributed by atoms with Crippen molar-refractivity contribution in [1.82, 2.24) is 14.9 Å². The van der Waals surface area contributed by atoms with E-state index in [1.54, 1.807) is 14.2 Å². The number of benzene rings is 1. The van der Waals surface area contributed by atoms with Crippen LogP contribution in [0.25, 0.3) is 0 Å². The number of ether oxygens (including phenoxy) is 2. The molecular weight excluding hydrogens is 302 g/mol. The van der Waals surface area contributed by atoms with E-state index >= 15 is 0 Å². The quantitative estimate of drug-likeness (QED) is 0.844. The van der Waals surface area contributed by atoms with E-state index in [0.717, 1.165) is 48.9 Å². The Morgan fingerprint density at radius 1 is 1.17 bits per heavy atom. The second kappa shape index (κ2) is 7.18. The van der Waals surface area contributed by atoms with Crippen LogP contribution in [-0.2, 0) is 19.5 Å². The maximum absolute atomic E-state index is 5.51. The number of aromatic nitrogens is 2. The molecule has 0 saturated heterocycles. The summed E-state index contributed by atoms with van der Waals surface area (Å²) < 4.78 is 11.0. The summed E-state index contributed by atoms with van der Waals surface area (Å²) in [5.74, 6) is 3.04. The molecule has 1 aliphatic heterocycles. The van der Waals surface area contributed by atoms with Crippen molar-refractivity contribution in [3.8, 4) is 11.5 Å². The van der Waals surface area contributed by atoms with Crippen LogP contribution in [-0.4, -0.2) is 35.6 Å². The average molecular weight is 327 g/mol. The van der Waals surface area contributed by atoms with Crippen molar-refractivity contribution < 1.29 is 9.47 Å². The van der Waals surface area contributed by atoms with Gasteiger partial charge in [-0.25, -0.2) is 9.97 Å². The summed E-state index contributed by atoms with van der Waals surface area (Å²) in [6, 6.07) is 5.91. The van der Waals surface area contributed by atoms with Crippen LogP contribution in [0.5, 0.6) is 11.5 Å². The summed E-state index contributed by atoms with van der Waals surface area (Å²) in [6.45, 7) is 6.88. The van der Waals surface area contributed by atoms with Crippen LogP contribution >= 0.6 is 0 Å². The van der Waals surface area contributed by atoms with Crippen LogP contribution in [0, 0.1) is 0 Å². The number of methoxy groups -OCH3 is 2. The predicted octanol–water partition coefficient (Wildman–Crippen LogP) is 3.18. The highest BCUT2D eigenvalue weighted by atomic mass is 16.5. The van der Waals surface area contributed by atoms with Gasteiger partial charge < -0.3 is 9.47 Å². The zero-order valence-electron chi connectivity index (χ0n) is 14.9. The topological polar surface area (TPSA) is 47.5 Å². The first-order valence-electron chi connectivity index (χ1n) is 8.39. The molecule has 0 radical (unpaired) electrons. The summed E-state index contributed by atoms with van der Waals surface area (Å²) in [7, 11) is 3.40. The standard InChI is InChI=1S/C19H25N3O2/c1-13(2)19-20-10-14-11-22(9-8-16(14)21-19)12-15-17(23-3)6-5-7-18(15)24-4/h5-7,10,13H,8-9,11-12H2,1-4H3. The average Bonchev–Trinajstić information content (AvgIpc) is 2.61. The minimum atomic E-state index is 0.367. The van der Waals surface area contributed by atoms with Crippen LogP contribution in [0.3, 0.4) is 0 Å². The van der Waals surface area contributed by atoms with Gasteiger partial charge in [0.2, 0.25) is 0 Å². The lowest BCUT2D eigenvalue weighted by Crippen LogP contribution is -2.31. The molecule has 0 fully saturated rings. The molecule has 0 bridgehead atoms. The second-order valence-electron chi connectivity index (χ2n) is 6.46. The highest BCUT2D eigenvalue weighted by Crippen LogP contribution is 2.31. The maximum atomic E-state index is 5.51. The first-order valence-corrected chi connectivity index (χ1v) is 8.39. The largest absolute Gasteiger partial charge is 0.496 e. The number of hydrogen-bond donors (Lipinski definition) is 0. The van der Waals surface area contributed by atoms with E-state index < -0.39 is 0 Å². The molecular formula is C19H25N3O2. The molecule has 24 heavy (non-hydrogen) atoms. The molecule has 0 amide bonds. The fourth-order valence-electron chi connectivity index (χ4n) is 3.11. The number of nitrogens with zero attached hydrogens (tertiary/aromatic N) is 3. The minimum Gasteiger partial charge on any atom is -0.496 e. The van der Waals surface area contributed by atoms with Crippen LogP contribution in [0.1, 0.15) is 42.4 Å². The van der Waals surface area contributed by atoms with Crippen LogP contribution in [0.2, 0.25) is 0 Å². The van der Waals surface area contributed by atoms with Gasteiger partial charge in [0.15, 0.2) is 0 Å². The summed E-state index contributed by atoms with van der Waals surface area (Å²) in [5.41, 5.74) is 3.50. The van der Waals surface area contributed by atoms with Crippen molar-refractivity contribution in [2.45, 2.75) is 39.3 Å². The van der Waals surface area contributed by atoms with Gasteiger partial charge in [-0.1, -0.05) is 19.9 Å². The number of rotatable bonds is 5. The molecule has 0 saturated carbocycles. The molecule has 5 nitrogen and oxygen atoms in total. The summed E-state index contributed by atoms with van der Waals surface area (Å²) in [4.78, 5) is 11.6. The third-order valence-corrected chi connectivity index (χ3v) is 4.46. The SMILES string of the molecule is COc1cccc(OC)c1CN1CCc2nc(C(C)C)ncc2C1. The molecule has 2 aromatic rings. The van der Waals surface area contributed by atoms with E-state index in [1.165, 1.54) is 11.3 Å². The Kier molecular flexibility index (Phi) is 5.00. The van der Waals surface area contributed by atoms with Gasteiger partial charge in [0.25, 0.3) is 0 Å². The first-order chi connectivity index (χ1) is 11.6. The Labute approximate surface area is 143 Å². The van der Waals surface area contributed by atoms with E-state index in [1.807, 2.05) is 24.4 Å². The Bertz CT molecular complexity index is 694. The molecule has 5 heteroatoms. The van der Waals surface area contributed by atoms with Gasteiger partial charge in [0.05, 0.1) is 19.8 Å². The van der Waals surface area contributed by atoms with Gasteiger partial charge in [0.1, 0.15) is 17.3 Å². The Hall–Kier alpha value is -2.14. The highest BCUT2D eigenvalue weighted by Gasteiger charge is 2.21. The van der Waals surface area contributed by atoms with E-state index in [-0.39, 0.29) is 0 Å². The van der Waals surface area contributed by atoms with Crippen LogP contribution in [0.15, 0.2) is 24.4 Å². The fraction of sp³-hybridized carbons (Fsp3) is 0.474. The van der Waals surface area contributed by atoms with E-state index in [2.05, 4.69) is 23.7 Å². The lowest BCUT2D eigenvalue weighted by atomic mass is 10.0. The minimum absolute atomic E-state index is 0.367. The van der Waals surface area contributed by atoms with Crippen molar-refractivity contribution >= 4 is 0 Å². The molecule has 0 unspecified atom stereocenters. The Morgan fingerprint density at radius 3 is 2.50 bits per heavy atom. The summed E-state index contributed by atoms with van der Waals surface area (Å²) >= 11 is 0. The Balaban J connectivity index is 1.80. The van der Waals surface area contributed by atoms with Crippen LogP contribution in [0.4, 0.5) is 0 Å². The van der Waals surface area contributed by atoms with Crippen molar-refractivity contribution in [3.05, 3.63) is 47.0 Å². The molecule has 0 atom stereocenters.